The molecule has 0 spiro atoms. The zero-order chi connectivity index (χ0) is 15.7. The van der Waals surface area contributed by atoms with Crippen LogP contribution < -0.4 is 0 Å². The van der Waals surface area contributed by atoms with Gasteiger partial charge in [-0.3, -0.25) is 10.1 Å². The minimum Gasteiger partial charge on any atom is -0.318 e. The highest BCUT2D eigenvalue weighted by Gasteiger charge is 2.06. The summed E-state index contributed by atoms with van der Waals surface area (Å²) in [5, 5.41) is 15.0. The van der Waals surface area contributed by atoms with Gasteiger partial charge in [0.2, 0.25) is 4.77 Å². The predicted molar refractivity (Wildman–Crippen MR) is 87.8 cm³/mol. The monoisotopic (exact) mass is 312 g/mol. The molecule has 6 nitrogen and oxygen atoms in total. The van der Waals surface area contributed by atoms with Crippen LogP contribution in [0.5, 0.6) is 0 Å². The van der Waals surface area contributed by atoms with Crippen LogP contribution in [0.4, 0.5) is 5.69 Å². The quantitative estimate of drug-likeness (QED) is 0.322. The van der Waals surface area contributed by atoms with Crippen molar-refractivity contribution in [1.82, 2.24) is 9.24 Å². The highest BCUT2D eigenvalue weighted by atomic mass is 32.1. The summed E-state index contributed by atoms with van der Waals surface area (Å²) in [6.45, 7) is 0. The maximum atomic E-state index is 10.6. The first-order chi connectivity index (χ1) is 10.6. The van der Waals surface area contributed by atoms with Crippen LogP contribution in [-0.2, 0) is 7.05 Å². The predicted octanol–water partition coefficient (Wildman–Crippen LogP) is 3.50. The van der Waals surface area contributed by atoms with Crippen LogP contribution in [0.3, 0.4) is 0 Å². The smallest absolute Gasteiger partial charge is 0.269 e. The summed E-state index contributed by atoms with van der Waals surface area (Å²) in [6, 6.07) is 14.0. The molecule has 2 aromatic carbocycles. The van der Waals surface area contributed by atoms with Crippen LogP contribution >= 0.6 is 12.2 Å². The van der Waals surface area contributed by atoms with E-state index in [2.05, 4.69) is 5.10 Å². The number of nitrogens with zero attached hydrogens (tertiary/aromatic N) is 4. The van der Waals surface area contributed by atoms with Crippen LogP contribution in [0, 0.1) is 14.9 Å². The number of non-ortho nitro benzene ring substituents is 1. The van der Waals surface area contributed by atoms with Gasteiger partial charge in [-0.1, -0.05) is 12.1 Å². The number of para-hydroxylation sites is 2. The van der Waals surface area contributed by atoms with Crippen molar-refractivity contribution in [2.24, 2.45) is 12.1 Å². The first kappa shape index (κ1) is 14.2. The maximum Gasteiger partial charge on any atom is 0.269 e. The van der Waals surface area contributed by atoms with Gasteiger partial charge in [0.15, 0.2) is 0 Å². The number of hydrogen-bond acceptors (Lipinski definition) is 4. The van der Waals surface area contributed by atoms with Gasteiger partial charge < -0.3 is 4.57 Å². The van der Waals surface area contributed by atoms with E-state index < -0.39 is 4.92 Å². The van der Waals surface area contributed by atoms with E-state index >= 15 is 0 Å². The molecule has 7 heteroatoms. The van der Waals surface area contributed by atoms with Crippen LogP contribution in [0.25, 0.3) is 11.0 Å². The Morgan fingerprint density at radius 2 is 1.77 bits per heavy atom. The van der Waals surface area contributed by atoms with Gasteiger partial charge in [0.25, 0.3) is 5.69 Å². The number of imidazole rings is 1. The molecule has 0 saturated heterocycles. The summed E-state index contributed by atoms with van der Waals surface area (Å²) >= 11 is 5.39. The molecule has 0 aliphatic carbocycles. The molecular formula is C15H12N4O2S. The molecule has 0 fully saturated rings. The Labute approximate surface area is 131 Å². The number of aromatic nitrogens is 2. The number of rotatable bonds is 3. The molecule has 110 valence electrons. The van der Waals surface area contributed by atoms with Crippen LogP contribution in [0.1, 0.15) is 5.56 Å². The number of fused-ring (bicyclic) bond motifs is 1. The number of nitro groups is 1. The molecule has 22 heavy (non-hydrogen) atoms. The lowest BCUT2D eigenvalue weighted by Gasteiger charge is -1.96. The lowest BCUT2D eigenvalue weighted by Crippen LogP contribution is -1.93. The molecule has 3 rings (SSSR count). The second kappa shape index (κ2) is 5.53. The topological polar surface area (TPSA) is 65.4 Å². The van der Waals surface area contributed by atoms with E-state index in [1.165, 1.54) is 12.1 Å². The molecule has 0 aliphatic rings. The Kier molecular flexibility index (Phi) is 3.56. The summed E-state index contributed by atoms with van der Waals surface area (Å²) in [7, 11) is 1.89. The van der Waals surface area contributed by atoms with Gasteiger partial charge >= 0.3 is 0 Å². The van der Waals surface area contributed by atoms with E-state index in [1.807, 2.05) is 35.9 Å². The van der Waals surface area contributed by atoms with E-state index in [0.717, 1.165) is 16.6 Å². The molecule has 0 bridgehead atoms. The number of nitro benzene ring substituents is 1. The Morgan fingerprint density at radius 3 is 2.41 bits per heavy atom. The van der Waals surface area contributed by atoms with Gasteiger partial charge in [-0.2, -0.15) is 5.10 Å². The first-order valence-corrected chi connectivity index (χ1v) is 6.94. The molecule has 0 atom stereocenters. The molecule has 0 unspecified atom stereocenters. The van der Waals surface area contributed by atoms with Crippen molar-refractivity contribution in [1.29, 1.82) is 0 Å². The van der Waals surface area contributed by atoms with Crippen molar-refractivity contribution >= 4 is 35.2 Å². The summed E-state index contributed by atoms with van der Waals surface area (Å²) in [4.78, 5) is 10.2. The van der Waals surface area contributed by atoms with Crippen molar-refractivity contribution in [3.05, 3.63) is 69.0 Å². The second-order valence-electron chi connectivity index (χ2n) is 4.74. The van der Waals surface area contributed by atoms with Gasteiger partial charge in [0.05, 0.1) is 22.2 Å². The fraction of sp³-hybridized carbons (Fsp3) is 0.0667. The summed E-state index contributed by atoms with van der Waals surface area (Å²) in [6.07, 6.45) is 1.63. The van der Waals surface area contributed by atoms with Crippen molar-refractivity contribution in [2.45, 2.75) is 0 Å². The van der Waals surface area contributed by atoms with Crippen LogP contribution in [-0.4, -0.2) is 20.4 Å². The number of hydrogen-bond donors (Lipinski definition) is 0. The summed E-state index contributed by atoms with van der Waals surface area (Å²) < 4.78 is 4.14. The highest BCUT2D eigenvalue weighted by Crippen LogP contribution is 2.16. The second-order valence-corrected chi connectivity index (χ2v) is 5.10. The van der Waals surface area contributed by atoms with Crippen molar-refractivity contribution in [3.63, 3.8) is 0 Å². The van der Waals surface area contributed by atoms with Gasteiger partial charge in [-0.05, 0) is 42.0 Å². The molecule has 3 aromatic rings. The molecule has 0 radical (unpaired) electrons. The van der Waals surface area contributed by atoms with Crippen LogP contribution in [0.2, 0.25) is 0 Å². The third-order valence-electron chi connectivity index (χ3n) is 3.37. The normalized spacial score (nSPS) is 11.3. The van der Waals surface area contributed by atoms with E-state index in [0.29, 0.717) is 4.77 Å². The highest BCUT2D eigenvalue weighted by molar-refractivity contribution is 7.71. The Bertz CT molecular complexity index is 938. The van der Waals surface area contributed by atoms with Crippen molar-refractivity contribution < 1.29 is 4.92 Å². The molecule has 1 heterocycles. The van der Waals surface area contributed by atoms with Gasteiger partial charge in [-0.15, -0.1) is 0 Å². The molecule has 1 aromatic heterocycles. The molecule has 0 amide bonds. The van der Waals surface area contributed by atoms with Crippen molar-refractivity contribution in [2.75, 3.05) is 0 Å². The molecule has 0 saturated carbocycles. The zero-order valence-electron chi connectivity index (χ0n) is 11.7. The summed E-state index contributed by atoms with van der Waals surface area (Å²) in [5.41, 5.74) is 2.72. The molecular weight excluding hydrogens is 300 g/mol. The largest absolute Gasteiger partial charge is 0.318 e. The lowest BCUT2D eigenvalue weighted by atomic mass is 10.2. The minimum absolute atomic E-state index is 0.0546. The lowest BCUT2D eigenvalue weighted by molar-refractivity contribution is -0.384. The Balaban J connectivity index is 2.01. The fourth-order valence-corrected chi connectivity index (χ4v) is 2.44. The van der Waals surface area contributed by atoms with E-state index in [1.54, 1.807) is 23.0 Å². The maximum absolute atomic E-state index is 10.6. The third-order valence-corrected chi connectivity index (χ3v) is 3.81. The Hall–Kier alpha value is -2.80. The number of benzene rings is 2. The standard InChI is InChI=1S/C15H12N4O2S/c1-17-13-4-2-3-5-14(13)18(15(17)22)16-10-11-6-8-12(9-7-11)19(20)21/h2-10H,1H3. The van der Waals surface area contributed by atoms with E-state index in [-0.39, 0.29) is 5.69 Å². The van der Waals surface area contributed by atoms with Gasteiger partial charge in [0, 0.05) is 19.2 Å². The first-order valence-electron chi connectivity index (χ1n) is 6.53. The average Bonchev–Trinajstić information content (AvgIpc) is 2.78. The average molecular weight is 312 g/mol. The van der Waals surface area contributed by atoms with Gasteiger partial charge in [-0.25, -0.2) is 4.68 Å². The van der Waals surface area contributed by atoms with Crippen LogP contribution in [0.15, 0.2) is 53.6 Å². The minimum atomic E-state index is -0.429. The Morgan fingerprint density at radius 1 is 1.14 bits per heavy atom. The fourth-order valence-electron chi connectivity index (χ4n) is 2.19. The molecule has 0 N–H and O–H groups in total. The third kappa shape index (κ3) is 2.42. The van der Waals surface area contributed by atoms with Crippen molar-refractivity contribution in [3.8, 4) is 0 Å². The number of aryl methyl sites for hydroxylation is 1. The summed E-state index contributed by atoms with van der Waals surface area (Å²) in [5.74, 6) is 0. The van der Waals surface area contributed by atoms with E-state index in [9.17, 15) is 10.1 Å². The zero-order valence-corrected chi connectivity index (χ0v) is 12.5. The molecule has 0 aliphatic heterocycles. The SMILES string of the molecule is Cn1c(=S)n(N=Cc2ccc([N+](=O)[O-])cc2)c2ccccc21. The van der Waals surface area contributed by atoms with Gasteiger partial charge in [0.1, 0.15) is 0 Å². The van der Waals surface area contributed by atoms with E-state index in [4.69, 9.17) is 12.2 Å².